The van der Waals surface area contributed by atoms with Crippen LogP contribution in [0.4, 0.5) is 5.69 Å². The molecule has 3 fully saturated rings. The Morgan fingerprint density at radius 3 is 2.48 bits per heavy atom. The summed E-state index contributed by atoms with van der Waals surface area (Å²) in [6.07, 6.45) is 7.63. The first-order valence-electron chi connectivity index (χ1n) is 8.47. The van der Waals surface area contributed by atoms with Crippen molar-refractivity contribution in [1.29, 1.82) is 0 Å². The van der Waals surface area contributed by atoms with Gasteiger partial charge in [-0.1, -0.05) is 6.42 Å². The van der Waals surface area contributed by atoms with Crippen LogP contribution in [-0.4, -0.2) is 36.5 Å². The average molecular weight is 284 g/mol. The highest BCUT2D eigenvalue weighted by molar-refractivity contribution is 5.95. The number of benzene rings is 1. The number of amides is 1. The Morgan fingerprint density at radius 2 is 1.76 bits per heavy atom. The second-order valence-corrected chi connectivity index (χ2v) is 6.88. The molecule has 1 aromatic carbocycles. The molecule has 1 aromatic rings. The lowest BCUT2D eigenvalue weighted by Crippen LogP contribution is -2.35. The first kappa shape index (κ1) is 13.2. The highest BCUT2D eigenvalue weighted by Crippen LogP contribution is 2.36. The quantitative estimate of drug-likeness (QED) is 0.832. The van der Waals surface area contributed by atoms with Crippen molar-refractivity contribution in [1.82, 2.24) is 4.90 Å². The number of rotatable bonds is 2. The standard InChI is InChI=1S/C18H24N2O/c21-18(20-13-14-4-3-5-17(20)12-14)15-6-8-16(9-7-15)19-10-1-2-11-19/h6-9,14,17H,1-5,10-13H2. The topological polar surface area (TPSA) is 23.6 Å². The van der Waals surface area contributed by atoms with E-state index in [9.17, 15) is 4.79 Å². The molecule has 3 nitrogen and oxygen atoms in total. The molecule has 1 amide bonds. The number of carbonyl (C=O) groups is 1. The lowest BCUT2D eigenvalue weighted by atomic mass is 9.90. The van der Waals surface area contributed by atoms with E-state index >= 15 is 0 Å². The Hall–Kier alpha value is -1.51. The van der Waals surface area contributed by atoms with Crippen LogP contribution in [0.3, 0.4) is 0 Å². The second-order valence-electron chi connectivity index (χ2n) is 6.88. The molecule has 1 aliphatic carbocycles. The summed E-state index contributed by atoms with van der Waals surface area (Å²) in [6.45, 7) is 3.30. The molecule has 2 heterocycles. The Balaban J connectivity index is 1.49. The van der Waals surface area contributed by atoms with E-state index in [2.05, 4.69) is 21.9 Å². The van der Waals surface area contributed by atoms with Crippen LogP contribution in [0, 0.1) is 5.92 Å². The minimum atomic E-state index is 0.248. The van der Waals surface area contributed by atoms with Crippen molar-refractivity contribution < 1.29 is 4.79 Å². The summed E-state index contributed by atoms with van der Waals surface area (Å²) in [5.74, 6) is 1.01. The van der Waals surface area contributed by atoms with Crippen LogP contribution in [0.5, 0.6) is 0 Å². The predicted molar refractivity (Wildman–Crippen MR) is 84.7 cm³/mol. The van der Waals surface area contributed by atoms with Gasteiger partial charge in [-0.05, 0) is 62.3 Å². The van der Waals surface area contributed by atoms with Gasteiger partial charge in [0.05, 0.1) is 0 Å². The van der Waals surface area contributed by atoms with E-state index in [1.807, 2.05) is 12.1 Å². The first-order chi connectivity index (χ1) is 10.3. The molecule has 3 aliphatic rings. The molecule has 2 aliphatic heterocycles. The van der Waals surface area contributed by atoms with Crippen molar-refractivity contribution >= 4 is 11.6 Å². The van der Waals surface area contributed by atoms with E-state index in [1.54, 1.807) is 0 Å². The third kappa shape index (κ3) is 2.43. The van der Waals surface area contributed by atoms with E-state index in [4.69, 9.17) is 0 Å². The molecule has 2 bridgehead atoms. The summed E-state index contributed by atoms with van der Waals surface area (Å²) in [6, 6.07) is 8.81. The molecule has 3 heteroatoms. The summed E-state index contributed by atoms with van der Waals surface area (Å²) in [5.41, 5.74) is 2.13. The Morgan fingerprint density at radius 1 is 1.00 bits per heavy atom. The molecule has 1 saturated carbocycles. The summed E-state index contributed by atoms with van der Waals surface area (Å²) >= 11 is 0. The minimum Gasteiger partial charge on any atom is -0.372 e. The van der Waals surface area contributed by atoms with Gasteiger partial charge in [0.15, 0.2) is 0 Å². The van der Waals surface area contributed by atoms with Gasteiger partial charge in [-0.2, -0.15) is 0 Å². The summed E-state index contributed by atoms with van der Waals surface area (Å²) in [7, 11) is 0. The summed E-state index contributed by atoms with van der Waals surface area (Å²) < 4.78 is 0. The molecule has 0 N–H and O–H groups in total. The largest absolute Gasteiger partial charge is 0.372 e. The van der Waals surface area contributed by atoms with E-state index in [-0.39, 0.29) is 5.91 Å². The van der Waals surface area contributed by atoms with E-state index in [0.29, 0.717) is 6.04 Å². The van der Waals surface area contributed by atoms with Crippen molar-refractivity contribution in [2.24, 2.45) is 5.92 Å². The second kappa shape index (κ2) is 5.36. The van der Waals surface area contributed by atoms with Crippen molar-refractivity contribution in [2.75, 3.05) is 24.5 Å². The van der Waals surface area contributed by atoms with Crippen molar-refractivity contribution in [2.45, 2.75) is 44.6 Å². The highest BCUT2D eigenvalue weighted by Gasteiger charge is 2.37. The SMILES string of the molecule is O=C(c1ccc(N2CCCC2)cc1)N1CC2CCCC1C2. The van der Waals surface area contributed by atoms with Crippen LogP contribution in [0.2, 0.25) is 0 Å². The van der Waals surface area contributed by atoms with Crippen LogP contribution in [0.1, 0.15) is 48.9 Å². The van der Waals surface area contributed by atoms with Crippen LogP contribution < -0.4 is 4.90 Å². The van der Waals surface area contributed by atoms with Gasteiger partial charge in [-0.25, -0.2) is 0 Å². The van der Waals surface area contributed by atoms with Crippen molar-refractivity contribution in [3.63, 3.8) is 0 Å². The zero-order chi connectivity index (χ0) is 14.2. The first-order valence-corrected chi connectivity index (χ1v) is 8.47. The van der Waals surface area contributed by atoms with Gasteiger partial charge in [0, 0.05) is 36.9 Å². The molecule has 0 radical (unpaired) electrons. The smallest absolute Gasteiger partial charge is 0.254 e. The minimum absolute atomic E-state index is 0.248. The normalized spacial score (nSPS) is 28.2. The molecule has 0 aromatic heterocycles. The lowest BCUT2D eigenvalue weighted by Gasteiger charge is -2.25. The van der Waals surface area contributed by atoms with E-state index in [1.165, 1.54) is 44.2 Å². The number of fused-ring (bicyclic) bond motifs is 2. The van der Waals surface area contributed by atoms with Gasteiger partial charge in [0.25, 0.3) is 5.91 Å². The van der Waals surface area contributed by atoms with E-state index in [0.717, 1.165) is 31.1 Å². The fraction of sp³-hybridized carbons (Fsp3) is 0.611. The molecule has 2 unspecified atom stereocenters. The number of carbonyl (C=O) groups excluding carboxylic acids is 1. The number of hydrogen-bond donors (Lipinski definition) is 0. The maximum absolute atomic E-state index is 12.7. The Kier molecular flexibility index (Phi) is 3.36. The van der Waals surface area contributed by atoms with Crippen molar-refractivity contribution in [3.05, 3.63) is 29.8 Å². The zero-order valence-electron chi connectivity index (χ0n) is 12.6. The van der Waals surface area contributed by atoms with Gasteiger partial charge in [-0.15, -0.1) is 0 Å². The van der Waals surface area contributed by atoms with Gasteiger partial charge in [0.2, 0.25) is 0 Å². The molecule has 112 valence electrons. The lowest BCUT2D eigenvalue weighted by molar-refractivity contribution is 0.0733. The average Bonchev–Trinajstić information content (AvgIpc) is 3.15. The highest BCUT2D eigenvalue weighted by atomic mass is 16.2. The number of likely N-dealkylation sites (tertiary alicyclic amines) is 1. The number of anilines is 1. The maximum Gasteiger partial charge on any atom is 0.254 e. The van der Waals surface area contributed by atoms with Crippen LogP contribution >= 0.6 is 0 Å². The van der Waals surface area contributed by atoms with Gasteiger partial charge in [0.1, 0.15) is 0 Å². The van der Waals surface area contributed by atoms with Crippen LogP contribution in [0.25, 0.3) is 0 Å². The monoisotopic (exact) mass is 284 g/mol. The Bertz CT molecular complexity index is 519. The molecule has 2 saturated heterocycles. The van der Waals surface area contributed by atoms with Crippen molar-refractivity contribution in [3.8, 4) is 0 Å². The number of hydrogen-bond acceptors (Lipinski definition) is 2. The van der Waals surface area contributed by atoms with Crippen LogP contribution in [-0.2, 0) is 0 Å². The number of nitrogens with zero attached hydrogens (tertiary/aromatic N) is 2. The van der Waals surface area contributed by atoms with Gasteiger partial charge in [-0.3, -0.25) is 4.79 Å². The fourth-order valence-electron chi connectivity index (χ4n) is 4.34. The zero-order valence-corrected chi connectivity index (χ0v) is 12.6. The van der Waals surface area contributed by atoms with Gasteiger partial charge < -0.3 is 9.80 Å². The Labute approximate surface area is 126 Å². The third-order valence-corrected chi connectivity index (χ3v) is 5.50. The predicted octanol–water partition coefficient (Wildman–Crippen LogP) is 3.30. The summed E-state index contributed by atoms with van der Waals surface area (Å²) in [4.78, 5) is 17.3. The molecular weight excluding hydrogens is 260 g/mol. The molecule has 2 atom stereocenters. The molecule has 4 rings (SSSR count). The third-order valence-electron chi connectivity index (χ3n) is 5.50. The van der Waals surface area contributed by atoms with E-state index < -0.39 is 0 Å². The van der Waals surface area contributed by atoms with Crippen LogP contribution in [0.15, 0.2) is 24.3 Å². The fourth-order valence-corrected chi connectivity index (χ4v) is 4.34. The summed E-state index contributed by atoms with van der Waals surface area (Å²) in [5, 5.41) is 0. The van der Waals surface area contributed by atoms with Gasteiger partial charge >= 0.3 is 0 Å². The molecular formula is C18H24N2O. The maximum atomic E-state index is 12.7. The molecule has 0 spiro atoms. The molecule has 21 heavy (non-hydrogen) atoms.